The largest absolute Gasteiger partial charge is 0.325 e. The number of carbonyl (C=O) groups excluding carboxylic acids is 2. The molecule has 0 radical (unpaired) electrons. The van der Waals surface area contributed by atoms with Crippen LogP contribution in [0, 0.1) is 0 Å². The number of benzene rings is 3. The van der Waals surface area contributed by atoms with E-state index in [0.717, 1.165) is 32.1 Å². The molecule has 1 atom stereocenters. The van der Waals surface area contributed by atoms with E-state index in [1.54, 1.807) is 24.6 Å². The van der Waals surface area contributed by atoms with Crippen LogP contribution in [0.5, 0.6) is 0 Å². The Labute approximate surface area is 178 Å². The van der Waals surface area contributed by atoms with Crippen molar-refractivity contribution in [3.8, 4) is 0 Å². The fraction of sp³-hybridized carbons (Fsp3) is 0.160. The molecular formula is C25H21N3O3. The van der Waals surface area contributed by atoms with Crippen LogP contribution in [0.1, 0.15) is 18.1 Å². The van der Waals surface area contributed by atoms with Gasteiger partial charge in [0.25, 0.3) is 11.5 Å². The fourth-order valence-corrected chi connectivity index (χ4v) is 4.46. The average Bonchev–Trinajstić information content (AvgIpc) is 3.00. The Morgan fingerprint density at radius 2 is 1.55 bits per heavy atom. The van der Waals surface area contributed by atoms with Crippen molar-refractivity contribution in [3.63, 3.8) is 0 Å². The minimum Gasteiger partial charge on any atom is -0.319 e. The summed E-state index contributed by atoms with van der Waals surface area (Å²) in [4.78, 5) is 40.4. The molecule has 154 valence electrons. The standard InChI is InChI=1S/C25H21N3O3/c1-25(20-12-7-10-16-8-3-5-11-19(16)20)23(30)28(24(31)26-25)15-18-14-17-9-4-6-13-21(17)27(2)22(18)29/h3-14H,15H2,1-2H3,(H,26,31). The number of nitrogens with one attached hydrogen (secondary N) is 1. The van der Waals surface area contributed by atoms with Crippen LogP contribution in [0.15, 0.2) is 77.6 Å². The summed E-state index contributed by atoms with van der Waals surface area (Å²) in [5, 5.41) is 5.63. The molecule has 0 aliphatic carbocycles. The van der Waals surface area contributed by atoms with E-state index in [1.807, 2.05) is 66.7 Å². The summed E-state index contributed by atoms with van der Waals surface area (Å²) < 4.78 is 1.55. The maximum absolute atomic E-state index is 13.5. The summed E-state index contributed by atoms with van der Waals surface area (Å²) in [6, 6.07) is 22.3. The summed E-state index contributed by atoms with van der Waals surface area (Å²) >= 11 is 0. The fourth-order valence-electron chi connectivity index (χ4n) is 4.46. The van der Waals surface area contributed by atoms with Gasteiger partial charge in [0, 0.05) is 12.6 Å². The van der Waals surface area contributed by atoms with E-state index in [9.17, 15) is 14.4 Å². The number of aromatic nitrogens is 1. The normalized spacial score (nSPS) is 18.7. The van der Waals surface area contributed by atoms with Crippen molar-refractivity contribution >= 4 is 33.6 Å². The summed E-state index contributed by atoms with van der Waals surface area (Å²) in [5.41, 5.74) is 0.497. The van der Waals surface area contributed by atoms with Gasteiger partial charge in [-0.15, -0.1) is 0 Å². The summed E-state index contributed by atoms with van der Waals surface area (Å²) in [6.45, 7) is 1.63. The number of amides is 3. The lowest BCUT2D eigenvalue weighted by atomic mass is 9.88. The lowest BCUT2D eigenvalue weighted by molar-refractivity contribution is -0.131. The molecule has 0 spiro atoms. The molecule has 4 aromatic rings. The van der Waals surface area contributed by atoms with Crippen LogP contribution in [0.2, 0.25) is 0 Å². The smallest absolute Gasteiger partial charge is 0.319 e. The van der Waals surface area contributed by atoms with Crippen LogP contribution in [-0.4, -0.2) is 21.4 Å². The van der Waals surface area contributed by atoms with Gasteiger partial charge in [0.1, 0.15) is 5.54 Å². The molecule has 5 rings (SSSR count). The van der Waals surface area contributed by atoms with Crippen molar-refractivity contribution in [2.75, 3.05) is 0 Å². The zero-order valence-corrected chi connectivity index (χ0v) is 17.3. The second kappa shape index (κ2) is 6.80. The zero-order valence-electron chi connectivity index (χ0n) is 17.3. The van der Waals surface area contributed by atoms with Crippen LogP contribution in [0.3, 0.4) is 0 Å². The molecule has 2 heterocycles. The van der Waals surface area contributed by atoms with E-state index in [-0.39, 0.29) is 18.0 Å². The topological polar surface area (TPSA) is 71.4 Å². The number of hydrogen-bond donors (Lipinski definition) is 1. The number of hydrogen-bond acceptors (Lipinski definition) is 3. The molecule has 1 N–H and O–H groups in total. The lowest BCUT2D eigenvalue weighted by Crippen LogP contribution is -2.41. The second-order valence-corrected chi connectivity index (χ2v) is 8.07. The van der Waals surface area contributed by atoms with Crippen LogP contribution in [0.25, 0.3) is 21.7 Å². The molecule has 31 heavy (non-hydrogen) atoms. The Morgan fingerprint density at radius 1 is 0.871 bits per heavy atom. The van der Waals surface area contributed by atoms with E-state index in [4.69, 9.17) is 0 Å². The zero-order chi connectivity index (χ0) is 21.8. The van der Waals surface area contributed by atoms with Crippen LogP contribution in [-0.2, 0) is 23.9 Å². The monoisotopic (exact) mass is 411 g/mol. The molecule has 1 fully saturated rings. The van der Waals surface area contributed by atoms with Crippen LogP contribution in [0.4, 0.5) is 4.79 Å². The first-order valence-corrected chi connectivity index (χ1v) is 10.1. The van der Waals surface area contributed by atoms with E-state index in [0.29, 0.717) is 5.56 Å². The van der Waals surface area contributed by atoms with Gasteiger partial charge in [0.15, 0.2) is 0 Å². The Hall–Kier alpha value is -3.93. The first-order chi connectivity index (χ1) is 14.9. The highest BCUT2D eigenvalue weighted by Gasteiger charge is 2.49. The summed E-state index contributed by atoms with van der Waals surface area (Å²) in [7, 11) is 1.69. The number of aryl methyl sites for hydroxylation is 1. The van der Waals surface area contributed by atoms with Crippen molar-refractivity contribution in [1.29, 1.82) is 0 Å². The predicted molar refractivity (Wildman–Crippen MR) is 120 cm³/mol. The number of rotatable bonds is 3. The van der Waals surface area contributed by atoms with Gasteiger partial charge in [-0.2, -0.15) is 0 Å². The molecular weight excluding hydrogens is 390 g/mol. The van der Waals surface area contributed by atoms with Gasteiger partial charge < -0.3 is 9.88 Å². The highest BCUT2D eigenvalue weighted by molar-refractivity contribution is 6.09. The molecule has 3 amide bonds. The number of nitrogens with zero attached hydrogens (tertiary/aromatic N) is 2. The molecule has 6 heteroatoms. The van der Waals surface area contributed by atoms with Gasteiger partial charge in [0.2, 0.25) is 0 Å². The molecule has 1 saturated heterocycles. The maximum Gasteiger partial charge on any atom is 0.325 e. The molecule has 0 bridgehead atoms. The van der Waals surface area contributed by atoms with Crippen LogP contribution < -0.4 is 10.9 Å². The van der Waals surface area contributed by atoms with E-state index < -0.39 is 11.6 Å². The SMILES string of the molecule is Cn1c(=O)c(CN2C(=O)NC(C)(c3cccc4ccccc34)C2=O)cc2ccccc21. The van der Waals surface area contributed by atoms with Gasteiger partial charge in [-0.05, 0) is 40.8 Å². The Balaban J connectivity index is 1.56. The first kappa shape index (κ1) is 19.1. The minimum absolute atomic E-state index is 0.0808. The van der Waals surface area contributed by atoms with Crippen LogP contribution >= 0.6 is 0 Å². The van der Waals surface area contributed by atoms with Gasteiger partial charge in [-0.3, -0.25) is 14.5 Å². The third-order valence-electron chi connectivity index (χ3n) is 6.14. The molecule has 1 aliphatic rings. The van der Waals surface area contributed by atoms with Crippen molar-refractivity contribution in [1.82, 2.24) is 14.8 Å². The van der Waals surface area contributed by atoms with Gasteiger partial charge in [-0.1, -0.05) is 60.7 Å². The summed E-state index contributed by atoms with van der Waals surface area (Å²) in [5.74, 6) is -0.371. The number of pyridine rings is 1. The highest BCUT2D eigenvalue weighted by Crippen LogP contribution is 2.34. The average molecular weight is 411 g/mol. The Morgan fingerprint density at radius 3 is 2.35 bits per heavy atom. The Bertz CT molecular complexity index is 1430. The summed E-state index contributed by atoms with van der Waals surface area (Å²) in [6.07, 6.45) is 0. The molecule has 1 aliphatic heterocycles. The van der Waals surface area contributed by atoms with E-state index >= 15 is 0 Å². The minimum atomic E-state index is -1.21. The maximum atomic E-state index is 13.5. The number of urea groups is 1. The van der Waals surface area contributed by atoms with Crippen molar-refractivity contribution < 1.29 is 9.59 Å². The van der Waals surface area contributed by atoms with E-state index in [2.05, 4.69) is 5.32 Å². The van der Waals surface area contributed by atoms with Gasteiger partial charge in [-0.25, -0.2) is 4.79 Å². The quantitative estimate of drug-likeness (QED) is 0.523. The van der Waals surface area contributed by atoms with Gasteiger partial charge >= 0.3 is 6.03 Å². The first-order valence-electron chi connectivity index (χ1n) is 10.1. The number of fused-ring (bicyclic) bond motifs is 2. The van der Waals surface area contributed by atoms with Crippen molar-refractivity contribution in [2.45, 2.75) is 19.0 Å². The van der Waals surface area contributed by atoms with Crippen molar-refractivity contribution in [2.24, 2.45) is 7.05 Å². The van der Waals surface area contributed by atoms with Gasteiger partial charge in [0.05, 0.1) is 12.1 Å². The number of para-hydroxylation sites is 1. The molecule has 3 aromatic carbocycles. The number of carbonyl (C=O) groups is 2. The number of imide groups is 1. The lowest BCUT2D eigenvalue weighted by Gasteiger charge is -2.24. The molecule has 6 nitrogen and oxygen atoms in total. The second-order valence-electron chi connectivity index (χ2n) is 8.07. The predicted octanol–water partition coefficient (Wildman–Crippen LogP) is 3.66. The third-order valence-corrected chi connectivity index (χ3v) is 6.14. The molecule has 1 aromatic heterocycles. The third kappa shape index (κ3) is 2.83. The Kier molecular flexibility index (Phi) is 4.18. The van der Waals surface area contributed by atoms with Crippen molar-refractivity contribution in [3.05, 3.63) is 94.3 Å². The molecule has 0 saturated carbocycles. The highest BCUT2D eigenvalue weighted by atomic mass is 16.2. The van der Waals surface area contributed by atoms with E-state index in [1.165, 1.54) is 0 Å². The molecule has 1 unspecified atom stereocenters.